The summed E-state index contributed by atoms with van der Waals surface area (Å²) in [6.45, 7) is 1.61. The Morgan fingerprint density at radius 3 is 2.79 bits per heavy atom. The molecule has 2 aromatic rings. The average Bonchev–Trinajstić information content (AvgIpc) is 2.90. The van der Waals surface area contributed by atoms with Gasteiger partial charge in [0.25, 0.3) is 5.91 Å². The topological polar surface area (TPSA) is 95.4 Å². The monoisotopic (exact) mass is 284 g/mol. The SMILES string of the molecule is CC(NC(=O)c1cc2[nH]nc(Cl)n2n1)C(=O)N(C)C. The van der Waals surface area contributed by atoms with Crippen LogP contribution in [0.4, 0.5) is 0 Å². The first-order chi connectivity index (χ1) is 8.90. The summed E-state index contributed by atoms with van der Waals surface area (Å²) in [5.74, 6) is -0.645. The van der Waals surface area contributed by atoms with E-state index in [1.54, 1.807) is 21.0 Å². The number of carbonyl (C=O) groups is 2. The van der Waals surface area contributed by atoms with Crippen molar-refractivity contribution in [3.05, 3.63) is 17.0 Å². The van der Waals surface area contributed by atoms with Gasteiger partial charge in [0.05, 0.1) is 0 Å². The fourth-order valence-electron chi connectivity index (χ4n) is 1.58. The molecule has 1 atom stereocenters. The number of aromatic amines is 1. The summed E-state index contributed by atoms with van der Waals surface area (Å²) in [7, 11) is 3.24. The highest BCUT2D eigenvalue weighted by molar-refractivity contribution is 6.28. The molecule has 0 saturated carbocycles. The summed E-state index contributed by atoms with van der Waals surface area (Å²) < 4.78 is 1.30. The predicted octanol–water partition coefficient (Wildman–Crippen LogP) is -0.0827. The van der Waals surface area contributed by atoms with E-state index >= 15 is 0 Å². The molecule has 19 heavy (non-hydrogen) atoms. The molecule has 2 rings (SSSR count). The highest BCUT2D eigenvalue weighted by atomic mass is 35.5. The summed E-state index contributed by atoms with van der Waals surface area (Å²) >= 11 is 5.75. The number of rotatable bonds is 3. The Balaban J connectivity index is 2.13. The van der Waals surface area contributed by atoms with Gasteiger partial charge in [-0.05, 0) is 18.5 Å². The maximum atomic E-state index is 11.9. The quantitative estimate of drug-likeness (QED) is 0.824. The van der Waals surface area contributed by atoms with Gasteiger partial charge in [-0.2, -0.15) is 9.61 Å². The molecule has 2 N–H and O–H groups in total. The molecule has 2 aromatic heterocycles. The molecule has 9 heteroatoms. The van der Waals surface area contributed by atoms with Gasteiger partial charge in [0.1, 0.15) is 6.04 Å². The van der Waals surface area contributed by atoms with Crippen LogP contribution >= 0.6 is 11.6 Å². The molecular weight excluding hydrogens is 272 g/mol. The lowest BCUT2D eigenvalue weighted by Gasteiger charge is -2.17. The number of nitrogens with zero attached hydrogens (tertiary/aromatic N) is 4. The van der Waals surface area contributed by atoms with Gasteiger partial charge in [0, 0.05) is 20.2 Å². The van der Waals surface area contributed by atoms with E-state index in [2.05, 4.69) is 20.6 Å². The summed E-state index contributed by atoms with van der Waals surface area (Å²) in [5, 5.41) is 13.0. The van der Waals surface area contributed by atoms with Crippen molar-refractivity contribution < 1.29 is 9.59 Å². The number of aromatic nitrogens is 4. The molecule has 1 unspecified atom stereocenters. The minimum atomic E-state index is -0.629. The van der Waals surface area contributed by atoms with E-state index < -0.39 is 11.9 Å². The Hall–Kier alpha value is -2.09. The molecule has 0 radical (unpaired) electrons. The lowest BCUT2D eigenvalue weighted by molar-refractivity contribution is -0.130. The summed E-state index contributed by atoms with van der Waals surface area (Å²) in [6, 6.07) is 0.872. The van der Waals surface area contributed by atoms with Crippen molar-refractivity contribution >= 4 is 29.1 Å². The van der Waals surface area contributed by atoms with E-state index in [-0.39, 0.29) is 16.9 Å². The number of H-pyrrole nitrogens is 1. The molecule has 0 aliphatic carbocycles. The zero-order valence-electron chi connectivity index (χ0n) is 10.6. The fraction of sp³-hybridized carbons (Fsp3) is 0.400. The summed E-state index contributed by atoms with van der Waals surface area (Å²) in [5.41, 5.74) is 0.663. The maximum absolute atomic E-state index is 11.9. The number of fused-ring (bicyclic) bond motifs is 1. The molecular formula is C10H13ClN6O2. The van der Waals surface area contributed by atoms with Crippen molar-refractivity contribution in [3.8, 4) is 0 Å². The van der Waals surface area contributed by atoms with Crippen LogP contribution < -0.4 is 5.32 Å². The molecule has 0 aliphatic rings. The first-order valence-corrected chi connectivity index (χ1v) is 5.89. The Morgan fingerprint density at radius 1 is 1.53 bits per heavy atom. The first kappa shape index (κ1) is 13.3. The van der Waals surface area contributed by atoms with Gasteiger partial charge in [-0.15, -0.1) is 5.10 Å². The Bertz CT molecular complexity index is 631. The van der Waals surface area contributed by atoms with Crippen LogP contribution in [0.25, 0.3) is 5.65 Å². The molecule has 8 nitrogen and oxygen atoms in total. The molecule has 102 valence electrons. The van der Waals surface area contributed by atoms with Crippen LogP contribution in [-0.4, -0.2) is 56.7 Å². The first-order valence-electron chi connectivity index (χ1n) is 5.52. The third kappa shape index (κ3) is 2.53. The smallest absolute Gasteiger partial charge is 0.272 e. The normalized spacial score (nSPS) is 12.4. The number of hydrogen-bond donors (Lipinski definition) is 2. The largest absolute Gasteiger partial charge is 0.347 e. The van der Waals surface area contributed by atoms with E-state index in [1.165, 1.54) is 15.5 Å². The van der Waals surface area contributed by atoms with Crippen LogP contribution in [0, 0.1) is 0 Å². The van der Waals surface area contributed by atoms with Crippen LogP contribution in [0.3, 0.4) is 0 Å². The number of amides is 2. The predicted molar refractivity (Wildman–Crippen MR) is 68.0 cm³/mol. The van der Waals surface area contributed by atoms with Crippen molar-refractivity contribution in [1.29, 1.82) is 0 Å². The number of likely N-dealkylation sites (N-methyl/N-ethyl adjacent to an activating group) is 1. The summed E-state index contributed by atoms with van der Waals surface area (Å²) in [6.07, 6.45) is 0. The number of carbonyl (C=O) groups excluding carboxylic acids is 2. The third-order valence-electron chi connectivity index (χ3n) is 2.54. The highest BCUT2D eigenvalue weighted by Gasteiger charge is 2.20. The Labute approximate surface area is 113 Å². The van der Waals surface area contributed by atoms with Gasteiger partial charge < -0.3 is 10.2 Å². The third-order valence-corrected chi connectivity index (χ3v) is 2.78. The Kier molecular flexibility index (Phi) is 3.43. The number of halogens is 1. The van der Waals surface area contributed by atoms with Gasteiger partial charge >= 0.3 is 0 Å². The molecule has 2 amide bonds. The van der Waals surface area contributed by atoms with Crippen LogP contribution in [0.2, 0.25) is 5.28 Å². The lowest BCUT2D eigenvalue weighted by atomic mass is 10.3. The second kappa shape index (κ2) is 4.88. The minimum Gasteiger partial charge on any atom is -0.347 e. The standard InChI is InChI=1S/C10H13ClN6O2/c1-5(9(19)16(2)3)12-8(18)6-4-7-13-14-10(11)17(7)15-6/h4-5,13H,1-3H3,(H,12,18). The maximum Gasteiger partial charge on any atom is 0.272 e. The van der Waals surface area contributed by atoms with Gasteiger partial charge in [0.15, 0.2) is 11.3 Å². The molecule has 2 heterocycles. The van der Waals surface area contributed by atoms with E-state index in [1.807, 2.05) is 0 Å². The zero-order valence-corrected chi connectivity index (χ0v) is 11.4. The fourth-order valence-corrected chi connectivity index (χ4v) is 1.75. The van der Waals surface area contributed by atoms with Crippen LogP contribution in [0.1, 0.15) is 17.4 Å². The van der Waals surface area contributed by atoms with Crippen LogP contribution in [0.15, 0.2) is 6.07 Å². The van der Waals surface area contributed by atoms with Crippen LogP contribution in [0.5, 0.6) is 0 Å². The van der Waals surface area contributed by atoms with E-state index in [9.17, 15) is 9.59 Å². The second-order valence-electron chi connectivity index (χ2n) is 4.25. The van der Waals surface area contributed by atoms with Crippen molar-refractivity contribution in [2.45, 2.75) is 13.0 Å². The lowest BCUT2D eigenvalue weighted by Crippen LogP contribution is -2.44. The molecule has 0 aromatic carbocycles. The Morgan fingerprint density at radius 2 is 2.21 bits per heavy atom. The van der Waals surface area contributed by atoms with Crippen molar-refractivity contribution in [1.82, 2.24) is 30.0 Å². The van der Waals surface area contributed by atoms with Crippen molar-refractivity contribution in [2.24, 2.45) is 0 Å². The van der Waals surface area contributed by atoms with E-state index in [4.69, 9.17) is 11.6 Å². The van der Waals surface area contributed by atoms with Crippen molar-refractivity contribution in [3.63, 3.8) is 0 Å². The van der Waals surface area contributed by atoms with Gasteiger partial charge in [-0.3, -0.25) is 14.7 Å². The summed E-state index contributed by atoms with van der Waals surface area (Å²) in [4.78, 5) is 25.0. The van der Waals surface area contributed by atoms with Gasteiger partial charge in [-0.1, -0.05) is 0 Å². The number of nitrogens with one attached hydrogen (secondary N) is 2. The van der Waals surface area contributed by atoms with E-state index in [0.717, 1.165) is 0 Å². The van der Waals surface area contributed by atoms with Crippen molar-refractivity contribution in [2.75, 3.05) is 14.1 Å². The molecule has 0 bridgehead atoms. The minimum absolute atomic E-state index is 0.131. The van der Waals surface area contributed by atoms with E-state index in [0.29, 0.717) is 5.65 Å². The highest BCUT2D eigenvalue weighted by Crippen LogP contribution is 2.09. The average molecular weight is 285 g/mol. The molecule has 0 saturated heterocycles. The number of hydrogen-bond acceptors (Lipinski definition) is 4. The zero-order chi connectivity index (χ0) is 14.2. The van der Waals surface area contributed by atoms with Crippen LogP contribution in [-0.2, 0) is 4.79 Å². The molecule has 0 spiro atoms. The van der Waals surface area contributed by atoms with Gasteiger partial charge in [-0.25, -0.2) is 0 Å². The molecule has 0 aliphatic heterocycles. The molecule has 0 fully saturated rings. The second-order valence-corrected chi connectivity index (χ2v) is 4.59. The van der Waals surface area contributed by atoms with Gasteiger partial charge in [0.2, 0.25) is 11.2 Å².